The monoisotopic (exact) mass is 320 g/mol. The average molecular weight is 320 g/mol. The molecular weight excluding hydrogens is 292 g/mol. The largest absolute Gasteiger partial charge is 0.493 e. The van der Waals surface area contributed by atoms with Gasteiger partial charge in [-0.2, -0.15) is 0 Å². The van der Waals surface area contributed by atoms with Crippen LogP contribution in [0.3, 0.4) is 0 Å². The highest BCUT2D eigenvalue weighted by Crippen LogP contribution is 2.28. The van der Waals surface area contributed by atoms with E-state index in [4.69, 9.17) is 15.2 Å². The number of amides is 1. The Balaban J connectivity index is 2.72. The van der Waals surface area contributed by atoms with Crippen LogP contribution in [0.4, 0.5) is 0 Å². The molecule has 0 saturated heterocycles. The second kappa shape index (κ2) is 9.20. The quantitative estimate of drug-likeness (QED) is 0.734. The molecular formula is C18H28N2O3. The third-order valence-corrected chi connectivity index (χ3v) is 4.05. The molecule has 1 rings (SSSR count). The molecule has 0 aliphatic rings. The Bertz CT molecular complexity index is 529. The molecule has 0 spiro atoms. The molecule has 1 amide bonds. The number of rotatable bonds is 9. The first-order valence-electron chi connectivity index (χ1n) is 7.98. The summed E-state index contributed by atoms with van der Waals surface area (Å²) in [6, 6.07) is 5.59. The maximum atomic E-state index is 12.1. The van der Waals surface area contributed by atoms with Crippen molar-refractivity contribution in [2.45, 2.75) is 39.2 Å². The van der Waals surface area contributed by atoms with Crippen LogP contribution in [0.5, 0.6) is 11.5 Å². The van der Waals surface area contributed by atoms with Crippen LogP contribution in [-0.2, 0) is 4.79 Å². The summed E-state index contributed by atoms with van der Waals surface area (Å²) in [4.78, 5) is 12.1. The third kappa shape index (κ3) is 5.28. The fraction of sp³-hybridized carbons (Fsp3) is 0.500. The zero-order valence-corrected chi connectivity index (χ0v) is 14.5. The van der Waals surface area contributed by atoms with Gasteiger partial charge in [0.2, 0.25) is 0 Å². The zero-order valence-electron chi connectivity index (χ0n) is 14.5. The van der Waals surface area contributed by atoms with E-state index in [2.05, 4.69) is 5.32 Å². The number of hydrogen-bond acceptors (Lipinski definition) is 4. The number of nitrogens with one attached hydrogen (secondary N) is 1. The number of benzene rings is 1. The molecule has 0 unspecified atom stereocenters. The van der Waals surface area contributed by atoms with Gasteiger partial charge in [-0.3, -0.25) is 4.79 Å². The first kappa shape index (κ1) is 19.0. The summed E-state index contributed by atoms with van der Waals surface area (Å²) in [5.41, 5.74) is 6.45. The second-order valence-corrected chi connectivity index (χ2v) is 5.44. The SMILES string of the molecule is C/C=C/c1ccc(OCC(=O)NC(CC)(CC)CN)c(OC)c1. The number of ether oxygens (including phenoxy) is 2. The summed E-state index contributed by atoms with van der Waals surface area (Å²) in [5, 5.41) is 2.98. The molecule has 1 aromatic carbocycles. The van der Waals surface area contributed by atoms with Gasteiger partial charge < -0.3 is 20.5 Å². The zero-order chi connectivity index (χ0) is 17.3. The van der Waals surface area contributed by atoms with Crippen molar-refractivity contribution in [3.05, 3.63) is 29.8 Å². The van der Waals surface area contributed by atoms with Crippen LogP contribution in [0.25, 0.3) is 6.08 Å². The number of carbonyl (C=O) groups excluding carboxylic acids is 1. The lowest BCUT2D eigenvalue weighted by molar-refractivity contribution is -0.125. The number of nitrogens with two attached hydrogens (primary N) is 1. The van der Waals surface area contributed by atoms with Crippen LogP contribution in [-0.4, -0.2) is 31.7 Å². The van der Waals surface area contributed by atoms with Gasteiger partial charge >= 0.3 is 0 Å². The lowest BCUT2D eigenvalue weighted by Crippen LogP contribution is -2.54. The van der Waals surface area contributed by atoms with Crippen molar-refractivity contribution in [3.8, 4) is 11.5 Å². The van der Waals surface area contributed by atoms with Gasteiger partial charge in [-0.15, -0.1) is 0 Å². The first-order valence-corrected chi connectivity index (χ1v) is 7.98. The topological polar surface area (TPSA) is 73.6 Å². The van der Waals surface area contributed by atoms with E-state index >= 15 is 0 Å². The predicted octanol–water partition coefficient (Wildman–Crippen LogP) is 2.74. The van der Waals surface area contributed by atoms with E-state index in [1.807, 2.05) is 45.1 Å². The summed E-state index contributed by atoms with van der Waals surface area (Å²) in [7, 11) is 1.58. The van der Waals surface area contributed by atoms with E-state index in [0.29, 0.717) is 18.0 Å². The van der Waals surface area contributed by atoms with E-state index in [0.717, 1.165) is 18.4 Å². The normalized spacial score (nSPS) is 11.5. The van der Waals surface area contributed by atoms with Crippen LogP contribution in [0.2, 0.25) is 0 Å². The van der Waals surface area contributed by atoms with E-state index in [1.165, 1.54) is 0 Å². The van der Waals surface area contributed by atoms with E-state index in [1.54, 1.807) is 13.2 Å². The van der Waals surface area contributed by atoms with E-state index in [-0.39, 0.29) is 18.1 Å². The minimum atomic E-state index is -0.361. The van der Waals surface area contributed by atoms with Gasteiger partial charge in [-0.1, -0.05) is 32.1 Å². The van der Waals surface area contributed by atoms with Crippen LogP contribution in [0.1, 0.15) is 39.2 Å². The van der Waals surface area contributed by atoms with Crippen molar-refractivity contribution in [1.82, 2.24) is 5.32 Å². The standard InChI is InChI=1S/C18H28N2O3/c1-5-8-14-9-10-15(16(11-14)22-4)23-12-17(21)20-18(6-2,7-3)13-19/h5,8-11H,6-7,12-13,19H2,1-4H3,(H,20,21)/b8-5+. The van der Waals surface area contributed by atoms with Crippen LogP contribution >= 0.6 is 0 Å². The van der Waals surface area contributed by atoms with Crippen molar-refractivity contribution < 1.29 is 14.3 Å². The lowest BCUT2D eigenvalue weighted by atomic mass is 9.93. The molecule has 128 valence electrons. The Hall–Kier alpha value is -2.01. The Morgan fingerprint density at radius 3 is 2.52 bits per heavy atom. The molecule has 5 heteroatoms. The molecule has 0 heterocycles. The highest BCUT2D eigenvalue weighted by molar-refractivity contribution is 5.78. The molecule has 0 atom stereocenters. The maximum absolute atomic E-state index is 12.1. The van der Waals surface area contributed by atoms with Gasteiger partial charge in [0.25, 0.3) is 5.91 Å². The number of hydrogen-bond donors (Lipinski definition) is 2. The molecule has 0 bridgehead atoms. The average Bonchev–Trinajstić information content (AvgIpc) is 2.58. The molecule has 1 aromatic rings. The van der Waals surface area contributed by atoms with Crippen molar-refractivity contribution in [2.24, 2.45) is 5.73 Å². The van der Waals surface area contributed by atoms with Crippen molar-refractivity contribution in [3.63, 3.8) is 0 Å². The Labute approximate surface area is 138 Å². The van der Waals surface area contributed by atoms with Crippen LogP contribution < -0.4 is 20.5 Å². The molecule has 0 aromatic heterocycles. The van der Waals surface area contributed by atoms with Gasteiger partial charge in [0.05, 0.1) is 12.6 Å². The lowest BCUT2D eigenvalue weighted by Gasteiger charge is -2.31. The van der Waals surface area contributed by atoms with Gasteiger partial charge in [-0.25, -0.2) is 0 Å². The second-order valence-electron chi connectivity index (χ2n) is 5.44. The number of carbonyl (C=O) groups is 1. The van der Waals surface area contributed by atoms with Crippen molar-refractivity contribution >= 4 is 12.0 Å². The first-order chi connectivity index (χ1) is 11.0. The van der Waals surface area contributed by atoms with Gasteiger partial charge in [0.15, 0.2) is 18.1 Å². The fourth-order valence-electron chi connectivity index (χ4n) is 2.34. The summed E-state index contributed by atoms with van der Waals surface area (Å²) in [5.74, 6) is 0.963. The predicted molar refractivity (Wildman–Crippen MR) is 93.7 cm³/mol. The molecule has 5 nitrogen and oxygen atoms in total. The summed E-state index contributed by atoms with van der Waals surface area (Å²) < 4.78 is 10.9. The Kier molecular flexibility index (Phi) is 7.62. The highest BCUT2D eigenvalue weighted by Gasteiger charge is 2.26. The number of methoxy groups -OCH3 is 1. The molecule has 23 heavy (non-hydrogen) atoms. The summed E-state index contributed by atoms with van der Waals surface area (Å²) >= 11 is 0. The molecule has 0 radical (unpaired) electrons. The maximum Gasteiger partial charge on any atom is 0.258 e. The minimum Gasteiger partial charge on any atom is -0.493 e. The Morgan fingerprint density at radius 1 is 1.30 bits per heavy atom. The fourth-order valence-corrected chi connectivity index (χ4v) is 2.34. The molecule has 0 fully saturated rings. The number of allylic oxidation sites excluding steroid dienone is 1. The molecule has 0 aliphatic carbocycles. The van der Waals surface area contributed by atoms with E-state index in [9.17, 15) is 4.79 Å². The smallest absolute Gasteiger partial charge is 0.258 e. The highest BCUT2D eigenvalue weighted by atomic mass is 16.5. The summed E-state index contributed by atoms with van der Waals surface area (Å²) in [6.07, 6.45) is 5.49. The van der Waals surface area contributed by atoms with E-state index < -0.39 is 0 Å². The third-order valence-electron chi connectivity index (χ3n) is 4.05. The Morgan fingerprint density at radius 2 is 2.00 bits per heavy atom. The van der Waals surface area contributed by atoms with Crippen LogP contribution in [0.15, 0.2) is 24.3 Å². The van der Waals surface area contributed by atoms with Crippen molar-refractivity contribution in [1.29, 1.82) is 0 Å². The van der Waals surface area contributed by atoms with Gasteiger partial charge in [-0.05, 0) is 37.5 Å². The van der Waals surface area contributed by atoms with Gasteiger partial charge in [0.1, 0.15) is 0 Å². The summed E-state index contributed by atoms with van der Waals surface area (Å²) in [6.45, 7) is 6.32. The molecule has 3 N–H and O–H groups in total. The minimum absolute atomic E-state index is 0.0684. The van der Waals surface area contributed by atoms with Crippen LogP contribution in [0, 0.1) is 0 Å². The van der Waals surface area contributed by atoms with Gasteiger partial charge in [0, 0.05) is 6.54 Å². The van der Waals surface area contributed by atoms with Crippen molar-refractivity contribution in [2.75, 3.05) is 20.3 Å². The molecule has 0 saturated carbocycles. The molecule has 0 aliphatic heterocycles.